The van der Waals surface area contributed by atoms with Crippen LogP contribution in [0.2, 0.25) is 0 Å². The van der Waals surface area contributed by atoms with Crippen molar-refractivity contribution in [3.05, 3.63) is 30.1 Å². The Hall–Kier alpha value is -1.76. The SMILES string of the molecule is O=C(NCCOc1cccc(F)c1)C1CC(F)(F)CN1. The summed E-state index contributed by atoms with van der Waals surface area (Å²) in [6.07, 6.45) is -0.496. The smallest absolute Gasteiger partial charge is 0.262 e. The molecular weight excluding hydrogens is 273 g/mol. The molecule has 0 saturated carbocycles. The van der Waals surface area contributed by atoms with E-state index in [9.17, 15) is 18.0 Å². The van der Waals surface area contributed by atoms with E-state index < -0.39 is 36.7 Å². The van der Waals surface area contributed by atoms with Crippen LogP contribution in [0.3, 0.4) is 0 Å². The molecule has 1 aromatic carbocycles. The average Bonchev–Trinajstić information content (AvgIpc) is 2.75. The molecule has 1 aliphatic heterocycles. The number of nitrogens with one attached hydrogen (secondary N) is 2. The van der Waals surface area contributed by atoms with Crippen LogP contribution in [0.15, 0.2) is 24.3 Å². The van der Waals surface area contributed by atoms with Crippen LogP contribution in [0.25, 0.3) is 0 Å². The summed E-state index contributed by atoms with van der Waals surface area (Å²) in [7, 11) is 0. The standard InChI is InChI=1S/C13H15F3N2O2/c14-9-2-1-3-10(6-9)20-5-4-17-12(19)11-7-13(15,16)8-18-11/h1-3,6,11,18H,4-5,7-8H2,(H,17,19). The number of hydrogen-bond acceptors (Lipinski definition) is 3. The maximum atomic E-state index is 12.9. The minimum absolute atomic E-state index is 0.137. The quantitative estimate of drug-likeness (QED) is 0.803. The molecule has 1 heterocycles. The van der Waals surface area contributed by atoms with Crippen molar-refractivity contribution in [3.63, 3.8) is 0 Å². The summed E-state index contributed by atoms with van der Waals surface area (Å²) in [6.45, 7) is -0.178. The van der Waals surface area contributed by atoms with Gasteiger partial charge in [-0.1, -0.05) is 6.07 Å². The molecule has 1 fully saturated rings. The third-order valence-corrected chi connectivity index (χ3v) is 2.89. The van der Waals surface area contributed by atoms with Gasteiger partial charge >= 0.3 is 0 Å². The lowest BCUT2D eigenvalue weighted by molar-refractivity contribution is -0.123. The molecule has 2 N–H and O–H groups in total. The number of alkyl halides is 2. The fourth-order valence-electron chi connectivity index (χ4n) is 1.92. The fourth-order valence-corrected chi connectivity index (χ4v) is 1.92. The van der Waals surface area contributed by atoms with E-state index in [1.807, 2.05) is 0 Å². The molecule has 0 radical (unpaired) electrons. The van der Waals surface area contributed by atoms with Gasteiger partial charge in [-0.05, 0) is 12.1 Å². The Morgan fingerprint density at radius 1 is 1.50 bits per heavy atom. The Balaban J connectivity index is 1.67. The van der Waals surface area contributed by atoms with Crippen LogP contribution in [0, 0.1) is 5.82 Å². The Morgan fingerprint density at radius 3 is 2.95 bits per heavy atom. The summed E-state index contributed by atoms with van der Waals surface area (Å²) in [4.78, 5) is 11.6. The molecule has 0 bridgehead atoms. The number of hydrogen-bond donors (Lipinski definition) is 2. The summed E-state index contributed by atoms with van der Waals surface area (Å²) in [5.41, 5.74) is 0. The molecule has 1 aromatic rings. The Labute approximate surface area is 114 Å². The van der Waals surface area contributed by atoms with Crippen molar-refractivity contribution in [2.24, 2.45) is 0 Å². The minimum Gasteiger partial charge on any atom is -0.492 e. The zero-order valence-corrected chi connectivity index (χ0v) is 10.7. The summed E-state index contributed by atoms with van der Waals surface area (Å²) < 4.78 is 43.9. The van der Waals surface area contributed by atoms with Crippen molar-refractivity contribution in [3.8, 4) is 5.75 Å². The zero-order chi connectivity index (χ0) is 14.6. The second-order valence-corrected chi connectivity index (χ2v) is 4.59. The average molecular weight is 288 g/mol. The number of rotatable bonds is 5. The van der Waals surface area contributed by atoms with Gasteiger partial charge in [-0.2, -0.15) is 0 Å². The first kappa shape index (κ1) is 14.6. The van der Waals surface area contributed by atoms with E-state index in [4.69, 9.17) is 4.74 Å². The molecule has 1 atom stereocenters. The second-order valence-electron chi connectivity index (χ2n) is 4.59. The Bertz CT molecular complexity index is 482. The Kier molecular flexibility index (Phi) is 4.49. The van der Waals surface area contributed by atoms with E-state index >= 15 is 0 Å². The van der Waals surface area contributed by atoms with Crippen LogP contribution < -0.4 is 15.4 Å². The van der Waals surface area contributed by atoms with Crippen molar-refractivity contribution in [1.29, 1.82) is 0 Å². The maximum Gasteiger partial charge on any atom is 0.262 e. The molecule has 1 unspecified atom stereocenters. The highest BCUT2D eigenvalue weighted by atomic mass is 19.3. The predicted molar refractivity (Wildman–Crippen MR) is 66.3 cm³/mol. The molecule has 0 aromatic heterocycles. The van der Waals surface area contributed by atoms with Crippen molar-refractivity contribution in [1.82, 2.24) is 10.6 Å². The van der Waals surface area contributed by atoms with Gasteiger partial charge in [0.1, 0.15) is 18.2 Å². The van der Waals surface area contributed by atoms with E-state index in [1.54, 1.807) is 6.07 Å². The van der Waals surface area contributed by atoms with Crippen LogP contribution in [0.5, 0.6) is 5.75 Å². The number of ether oxygens (including phenoxy) is 1. The summed E-state index contributed by atoms with van der Waals surface area (Å²) in [5.74, 6) is -3.38. The number of halogens is 3. The van der Waals surface area contributed by atoms with Gasteiger partial charge in [0, 0.05) is 12.5 Å². The van der Waals surface area contributed by atoms with Gasteiger partial charge in [-0.25, -0.2) is 13.2 Å². The molecule has 4 nitrogen and oxygen atoms in total. The molecule has 0 aliphatic carbocycles. The van der Waals surface area contributed by atoms with Crippen molar-refractivity contribution < 1.29 is 22.7 Å². The first-order chi connectivity index (χ1) is 9.46. The van der Waals surface area contributed by atoms with Gasteiger partial charge < -0.3 is 10.1 Å². The minimum atomic E-state index is -2.83. The summed E-state index contributed by atoms with van der Waals surface area (Å²) >= 11 is 0. The lowest BCUT2D eigenvalue weighted by Crippen LogP contribution is -2.41. The summed E-state index contributed by atoms with van der Waals surface area (Å²) in [5, 5.41) is 4.95. The van der Waals surface area contributed by atoms with E-state index in [0.29, 0.717) is 5.75 Å². The molecule has 1 saturated heterocycles. The van der Waals surface area contributed by atoms with Gasteiger partial charge in [0.15, 0.2) is 0 Å². The first-order valence-electron chi connectivity index (χ1n) is 6.24. The lowest BCUT2D eigenvalue weighted by atomic mass is 10.2. The molecule has 2 rings (SSSR count). The van der Waals surface area contributed by atoms with Crippen LogP contribution in [0.4, 0.5) is 13.2 Å². The van der Waals surface area contributed by atoms with E-state index in [1.165, 1.54) is 18.2 Å². The van der Waals surface area contributed by atoms with Crippen molar-refractivity contribution >= 4 is 5.91 Å². The van der Waals surface area contributed by atoms with E-state index in [0.717, 1.165) is 0 Å². The molecular formula is C13H15F3N2O2. The predicted octanol–water partition coefficient (Wildman–Crippen LogP) is 1.32. The molecule has 1 amide bonds. The van der Waals surface area contributed by atoms with E-state index in [-0.39, 0.29) is 13.2 Å². The number of carbonyl (C=O) groups excluding carboxylic acids is 1. The fraction of sp³-hybridized carbons (Fsp3) is 0.462. The number of amides is 1. The van der Waals surface area contributed by atoms with Crippen LogP contribution in [-0.2, 0) is 4.79 Å². The molecule has 1 aliphatic rings. The number of benzene rings is 1. The number of carbonyl (C=O) groups is 1. The molecule has 7 heteroatoms. The lowest BCUT2D eigenvalue weighted by Gasteiger charge is -2.11. The van der Waals surface area contributed by atoms with Gasteiger partial charge in [0.2, 0.25) is 5.91 Å². The van der Waals surface area contributed by atoms with E-state index in [2.05, 4.69) is 10.6 Å². The molecule has 20 heavy (non-hydrogen) atoms. The highest BCUT2D eigenvalue weighted by molar-refractivity contribution is 5.82. The van der Waals surface area contributed by atoms with Crippen LogP contribution in [-0.4, -0.2) is 37.6 Å². The topological polar surface area (TPSA) is 50.4 Å². The normalized spacial score (nSPS) is 20.6. The van der Waals surface area contributed by atoms with Gasteiger partial charge in [0.05, 0.1) is 19.1 Å². The van der Waals surface area contributed by atoms with Gasteiger partial charge in [0.25, 0.3) is 5.92 Å². The van der Waals surface area contributed by atoms with Crippen LogP contribution >= 0.6 is 0 Å². The van der Waals surface area contributed by atoms with Gasteiger partial charge in [-0.15, -0.1) is 0 Å². The first-order valence-corrected chi connectivity index (χ1v) is 6.24. The largest absolute Gasteiger partial charge is 0.492 e. The van der Waals surface area contributed by atoms with Crippen molar-refractivity contribution in [2.75, 3.05) is 19.7 Å². The zero-order valence-electron chi connectivity index (χ0n) is 10.7. The van der Waals surface area contributed by atoms with Gasteiger partial charge in [-0.3, -0.25) is 10.1 Å². The van der Waals surface area contributed by atoms with Crippen LogP contribution in [0.1, 0.15) is 6.42 Å². The maximum absolute atomic E-state index is 12.9. The van der Waals surface area contributed by atoms with Crippen molar-refractivity contribution in [2.45, 2.75) is 18.4 Å². The second kappa shape index (κ2) is 6.13. The molecule has 0 spiro atoms. The monoisotopic (exact) mass is 288 g/mol. The molecule has 110 valence electrons. The highest BCUT2D eigenvalue weighted by Crippen LogP contribution is 2.24. The third-order valence-electron chi connectivity index (χ3n) is 2.89. The third kappa shape index (κ3) is 4.12. The Morgan fingerprint density at radius 2 is 2.30 bits per heavy atom. The summed E-state index contributed by atoms with van der Waals surface area (Å²) in [6, 6.07) is 4.73. The highest BCUT2D eigenvalue weighted by Gasteiger charge is 2.42.